The quantitative estimate of drug-likeness (QED) is 0.659. The van der Waals surface area contributed by atoms with E-state index in [9.17, 15) is 13.2 Å². The van der Waals surface area contributed by atoms with Gasteiger partial charge in [-0.05, 0) is 43.7 Å². The Labute approximate surface area is 154 Å². The number of hydrogen-bond donors (Lipinski definition) is 2. The van der Waals surface area contributed by atoms with Gasteiger partial charge in [0, 0.05) is 11.3 Å². The summed E-state index contributed by atoms with van der Waals surface area (Å²) in [6.07, 6.45) is 0.524. The first-order valence-corrected chi connectivity index (χ1v) is 10.1. The molecule has 0 spiro atoms. The Bertz CT molecular complexity index is 833. The molecule has 26 heavy (non-hydrogen) atoms. The molecule has 140 valence electrons. The molecule has 2 rings (SSSR count). The molecule has 0 aliphatic heterocycles. The van der Waals surface area contributed by atoms with Crippen LogP contribution in [-0.4, -0.2) is 33.2 Å². The largest absolute Gasteiger partial charge is 0.492 e. The van der Waals surface area contributed by atoms with Crippen molar-refractivity contribution >= 4 is 21.6 Å². The highest BCUT2D eigenvalue weighted by Crippen LogP contribution is 2.13. The first kappa shape index (κ1) is 19.8. The summed E-state index contributed by atoms with van der Waals surface area (Å²) in [5, 5.41) is 2.75. The molecule has 2 aromatic rings. The molecule has 0 atom stereocenters. The highest BCUT2D eigenvalue weighted by molar-refractivity contribution is 7.92. The van der Waals surface area contributed by atoms with Crippen molar-refractivity contribution in [3.05, 3.63) is 59.7 Å². The summed E-state index contributed by atoms with van der Waals surface area (Å²) in [5.41, 5.74) is 1.92. The van der Waals surface area contributed by atoms with Crippen LogP contribution in [0.3, 0.4) is 0 Å². The van der Waals surface area contributed by atoms with Crippen LogP contribution in [0, 0.1) is 6.92 Å². The number of sulfonamides is 1. The van der Waals surface area contributed by atoms with Crippen LogP contribution < -0.4 is 14.8 Å². The maximum absolute atomic E-state index is 12.2. The minimum atomic E-state index is -3.38. The van der Waals surface area contributed by atoms with Gasteiger partial charge < -0.3 is 10.1 Å². The molecule has 0 fully saturated rings. The van der Waals surface area contributed by atoms with Gasteiger partial charge in [-0.3, -0.25) is 9.52 Å². The molecule has 2 aromatic carbocycles. The molecule has 0 aliphatic carbocycles. The third-order valence-electron chi connectivity index (χ3n) is 3.55. The smallest absolute Gasteiger partial charge is 0.251 e. The van der Waals surface area contributed by atoms with E-state index in [2.05, 4.69) is 10.0 Å². The van der Waals surface area contributed by atoms with E-state index in [1.54, 1.807) is 25.1 Å². The summed E-state index contributed by atoms with van der Waals surface area (Å²) in [4.78, 5) is 12.2. The molecule has 0 radical (unpaired) electrons. The predicted molar refractivity (Wildman–Crippen MR) is 103 cm³/mol. The van der Waals surface area contributed by atoms with Gasteiger partial charge in [0.1, 0.15) is 12.4 Å². The van der Waals surface area contributed by atoms with Crippen molar-refractivity contribution in [1.29, 1.82) is 0 Å². The predicted octanol–water partition coefficient (Wildman–Crippen LogP) is 2.96. The average molecular weight is 376 g/mol. The zero-order valence-electron chi connectivity index (χ0n) is 15.0. The zero-order valence-corrected chi connectivity index (χ0v) is 15.8. The number of amides is 1. The lowest BCUT2D eigenvalue weighted by Crippen LogP contribution is -2.28. The van der Waals surface area contributed by atoms with E-state index in [0.29, 0.717) is 30.8 Å². The number of benzene rings is 2. The van der Waals surface area contributed by atoms with E-state index in [0.717, 1.165) is 11.3 Å². The van der Waals surface area contributed by atoms with Gasteiger partial charge >= 0.3 is 0 Å². The van der Waals surface area contributed by atoms with Crippen molar-refractivity contribution in [3.8, 4) is 5.75 Å². The van der Waals surface area contributed by atoms with E-state index in [1.165, 1.54) is 6.07 Å². The molecule has 0 unspecified atom stereocenters. The Balaban J connectivity index is 1.85. The fraction of sp³-hybridized carbons (Fsp3) is 0.316. The molecule has 0 bridgehead atoms. The Hall–Kier alpha value is -2.54. The Morgan fingerprint density at radius 2 is 1.85 bits per heavy atom. The fourth-order valence-corrected chi connectivity index (χ4v) is 3.42. The van der Waals surface area contributed by atoms with Crippen LogP contribution >= 0.6 is 0 Å². The van der Waals surface area contributed by atoms with E-state index >= 15 is 0 Å². The average Bonchev–Trinajstić information content (AvgIpc) is 2.59. The van der Waals surface area contributed by atoms with Crippen molar-refractivity contribution in [2.24, 2.45) is 0 Å². The van der Waals surface area contributed by atoms with Crippen LogP contribution in [0.5, 0.6) is 5.75 Å². The number of carbonyl (C=O) groups is 1. The van der Waals surface area contributed by atoms with Crippen LogP contribution in [0.15, 0.2) is 48.5 Å². The van der Waals surface area contributed by atoms with Gasteiger partial charge in [0.05, 0.1) is 12.3 Å². The zero-order chi connectivity index (χ0) is 19.0. The second-order valence-electron chi connectivity index (χ2n) is 5.92. The maximum atomic E-state index is 12.2. The van der Waals surface area contributed by atoms with Crippen molar-refractivity contribution in [3.63, 3.8) is 0 Å². The molecule has 0 aliphatic rings. The van der Waals surface area contributed by atoms with E-state index in [4.69, 9.17) is 4.74 Å². The minimum Gasteiger partial charge on any atom is -0.492 e. The molecule has 0 aromatic heterocycles. The number of ether oxygens (including phenoxy) is 1. The third-order valence-corrected chi connectivity index (χ3v) is 5.04. The van der Waals surface area contributed by atoms with Gasteiger partial charge in [-0.2, -0.15) is 0 Å². The molecule has 7 heteroatoms. The SMILES string of the molecule is CCCS(=O)(=O)Nc1cccc(C(=O)NCCOc2ccc(C)cc2)c1. The molecule has 0 saturated heterocycles. The summed E-state index contributed by atoms with van der Waals surface area (Å²) >= 11 is 0. The number of anilines is 1. The lowest BCUT2D eigenvalue weighted by Gasteiger charge is -2.10. The van der Waals surface area contributed by atoms with E-state index < -0.39 is 10.0 Å². The van der Waals surface area contributed by atoms with Crippen LogP contribution in [-0.2, 0) is 10.0 Å². The maximum Gasteiger partial charge on any atom is 0.251 e. The highest BCUT2D eigenvalue weighted by atomic mass is 32.2. The lowest BCUT2D eigenvalue weighted by molar-refractivity contribution is 0.0947. The van der Waals surface area contributed by atoms with E-state index in [-0.39, 0.29) is 11.7 Å². The summed E-state index contributed by atoms with van der Waals surface area (Å²) in [5.74, 6) is 0.506. The second kappa shape index (κ2) is 9.24. The second-order valence-corrected chi connectivity index (χ2v) is 7.76. The normalized spacial score (nSPS) is 11.0. The Kier molecular flexibility index (Phi) is 7.03. The minimum absolute atomic E-state index is 0.0414. The summed E-state index contributed by atoms with van der Waals surface area (Å²) in [6, 6.07) is 14.1. The Morgan fingerprint density at radius 1 is 1.12 bits per heavy atom. The highest BCUT2D eigenvalue weighted by Gasteiger charge is 2.11. The number of carbonyl (C=O) groups excluding carboxylic acids is 1. The summed E-state index contributed by atoms with van der Waals surface area (Å²) in [6.45, 7) is 4.48. The summed E-state index contributed by atoms with van der Waals surface area (Å²) in [7, 11) is -3.38. The van der Waals surface area contributed by atoms with E-state index in [1.807, 2.05) is 31.2 Å². The van der Waals surface area contributed by atoms with Crippen LogP contribution in [0.2, 0.25) is 0 Å². The molecule has 0 saturated carbocycles. The monoisotopic (exact) mass is 376 g/mol. The molecule has 0 heterocycles. The molecular formula is C19H24N2O4S. The van der Waals surface area contributed by atoms with Crippen molar-refractivity contribution in [2.45, 2.75) is 20.3 Å². The van der Waals surface area contributed by atoms with Crippen LogP contribution in [0.4, 0.5) is 5.69 Å². The van der Waals surface area contributed by atoms with Gasteiger partial charge in [0.15, 0.2) is 0 Å². The van der Waals surface area contributed by atoms with Gasteiger partial charge in [-0.25, -0.2) is 8.42 Å². The van der Waals surface area contributed by atoms with Gasteiger partial charge in [-0.15, -0.1) is 0 Å². The van der Waals surface area contributed by atoms with Crippen molar-refractivity contribution < 1.29 is 17.9 Å². The molecule has 2 N–H and O–H groups in total. The first-order valence-electron chi connectivity index (χ1n) is 8.48. The number of hydrogen-bond acceptors (Lipinski definition) is 4. The molecule has 1 amide bonds. The summed E-state index contributed by atoms with van der Waals surface area (Å²) < 4.78 is 31.7. The number of aryl methyl sites for hydroxylation is 1. The molecular weight excluding hydrogens is 352 g/mol. The van der Waals surface area contributed by atoms with Gasteiger partial charge in [0.2, 0.25) is 10.0 Å². The van der Waals surface area contributed by atoms with Gasteiger partial charge in [0.25, 0.3) is 5.91 Å². The van der Waals surface area contributed by atoms with Crippen molar-refractivity contribution in [2.75, 3.05) is 23.6 Å². The topological polar surface area (TPSA) is 84.5 Å². The molecule has 6 nitrogen and oxygen atoms in total. The van der Waals surface area contributed by atoms with Crippen LogP contribution in [0.25, 0.3) is 0 Å². The first-order chi connectivity index (χ1) is 12.4. The third kappa shape index (κ3) is 6.40. The number of rotatable bonds is 9. The Morgan fingerprint density at radius 3 is 2.54 bits per heavy atom. The van der Waals surface area contributed by atoms with Crippen LogP contribution in [0.1, 0.15) is 29.3 Å². The fourth-order valence-electron chi connectivity index (χ4n) is 2.29. The standard InChI is InChI=1S/C19H24N2O4S/c1-3-13-26(23,24)21-17-6-4-5-16(14-17)19(22)20-11-12-25-18-9-7-15(2)8-10-18/h4-10,14,21H,3,11-13H2,1-2H3,(H,20,22). The van der Waals surface area contributed by atoms with Gasteiger partial charge in [-0.1, -0.05) is 30.7 Å². The lowest BCUT2D eigenvalue weighted by atomic mass is 10.2. The van der Waals surface area contributed by atoms with Crippen molar-refractivity contribution in [1.82, 2.24) is 5.32 Å². The number of nitrogens with one attached hydrogen (secondary N) is 2.